The summed E-state index contributed by atoms with van der Waals surface area (Å²) in [6.07, 6.45) is 0. The molecule has 0 fully saturated rings. The highest BCUT2D eigenvalue weighted by Crippen LogP contribution is 2.29. The summed E-state index contributed by atoms with van der Waals surface area (Å²) >= 11 is 12.0. The standard InChI is InChI=1S/C15H15Cl2NO/c1-11-5-7-12(8-6-11)19-10-9-18-14-4-2-3-13(16)15(14)17/h2-8,18H,9-10H2,1H3. The Morgan fingerprint density at radius 3 is 2.53 bits per heavy atom. The molecule has 0 amide bonds. The molecule has 2 nitrogen and oxygen atoms in total. The van der Waals surface area contributed by atoms with E-state index in [1.54, 1.807) is 6.07 Å². The molecule has 0 radical (unpaired) electrons. The van der Waals surface area contributed by atoms with Crippen molar-refractivity contribution < 1.29 is 4.74 Å². The molecule has 0 atom stereocenters. The lowest BCUT2D eigenvalue weighted by Gasteiger charge is -2.10. The van der Waals surface area contributed by atoms with Crippen LogP contribution in [0.25, 0.3) is 0 Å². The zero-order chi connectivity index (χ0) is 13.7. The molecule has 0 aliphatic rings. The molecule has 0 aliphatic carbocycles. The van der Waals surface area contributed by atoms with Gasteiger partial charge in [0.1, 0.15) is 12.4 Å². The summed E-state index contributed by atoms with van der Waals surface area (Å²) in [6.45, 7) is 3.27. The lowest BCUT2D eigenvalue weighted by molar-refractivity contribution is 0.333. The third-order valence-electron chi connectivity index (χ3n) is 2.66. The van der Waals surface area contributed by atoms with E-state index < -0.39 is 0 Å². The number of anilines is 1. The summed E-state index contributed by atoms with van der Waals surface area (Å²) in [5.74, 6) is 0.865. The van der Waals surface area contributed by atoms with Crippen molar-refractivity contribution in [3.8, 4) is 5.75 Å². The Morgan fingerprint density at radius 1 is 1.05 bits per heavy atom. The van der Waals surface area contributed by atoms with Crippen LogP contribution in [0.1, 0.15) is 5.56 Å². The highest BCUT2D eigenvalue weighted by molar-refractivity contribution is 6.43. The van der Waals surface area contributed by atoms with Crippen molar-refractivity contribution in [2.45, 2.75) is 6.92 Å². The Kier molecular flexibility index (Phi) is 4.94. The van der Waals surface area contributed by atoms with E-state index in [-0.39, 0.29) is 0 Å². The largest absolute Gasteiger partial charge is 0.492 e. The number of hydrogen-bond donors (Lipinski definition) is 1. The topological polar surface area (TPSA) is 21.3 Å². The van der Waals surface area contributed by atoms with Crippen molar-refractivity contribution in [3.63, 3.8) is 0 Å². The molecule has 2 rings (SSSR count). The second-order valence-corrected chi connectivity index (χ2v) is 4.97. The maximum Gasteiger partial charge on any atom is 0.119 e. The first-order valence-corrected chi connectivity index (χ1v) is 6.80. The molecule has 0 aliphatic heterocycles. The van der Waals surface area contributed by atoms with Crippen LogP contribution in [0.15, 0.2) is 42.5 Å². The Balaban J connectivity index is 1.81. The van der Waals surface area contributed by atoms with Crippen molar-refractivity contribution in [1.29, 1.82) is 0 Å². The van der Waals surface area contributed by atoms with E-state index in [1.807, 2.05) is 43.3 Å². The van der Waals surface area contributed by atoms with E-state index in [9.17, 15) is 0 Å². The number of ether oxygens (including phenoxy) is 1. The Morgan fingerprint density at radius 2 is 1.79 bits per heavy atom. The maximum absolute atomic E-state index is 6.07. The molecule has 0 aromatic heterocycles. The second-order valence-electron chi connectivity index (χ2n) is 4.19. The quantitative estimate of drug-likeness (QED) is 0.801. The van der Waals surface area contributed by atoms with Crippen molar-refractivity contribution in [1.82, 2.24) is 0 Å². The fourth-order valence-corrected chi connectivity index (χ4v) is 2.00. The number of rotatable bonds is 5. The number of benzene rings is 2. The van der Waals surface area contributed by atoms with Gasteiger partial charge in [0.15, 0.2) is 0 Å². The van der Waals surface area contributed by atoms with E-state index in [0.717, 1.165) is 11.4 Å². The summed E-state index contributed by atoms with van der Waals surface area (Å²) in [5, 5.41) is 4.28. The van der Waals surface area contributed by atoms with Gasteiger partial charge in [-0.15, -0.1) is 0 Å². The van der Waals surface area contributed by atoms with Gasteiger partial charge in [0.2, 0.25) is 0 Å². The van der Waals surface area contributed by atoms with E-state index >= 15 is 0 Å². The van der Waals surface area contributed by atoms with Crippen LogP contribution in [0.2, 0.25) is 10.0 Å². The zero-order valence-corrected chi connectivity index (χ0v) is 12.1. The average molecular weight is 296 g/mol. The molecule has 0 saturated heterocycles. The van der Waals surface area contributed by atoms with Crippen LogP contribution in [0.3, 0.4) is 0 Å². The molecule has 100 valence electrons. The minimum absolute atomic E-state index is 0.541. The minimum atomic E-state index is 0.541. The molecule has 0 unspecified atom stereocenters. The summed E-state index contributed by atoms with van der Waals surface area (Å²) in [7, 11) is 0. The molecule has 4 heteroatoms. The van der Waals surface area contributed by atoms with Crippen LogP contribution < -0.4 is 10.1 Å². The lowest BCUT2D eigenvalue weighted by Crippen LogP contribution is -2.11. The van der Waals surface area contributed by atoms with E-state index in [4.69, 9.17) is 27.9 Å². The number of halogens is 2. The van der Waals surface area contributed by atoms with Gasteiger partial charge < -0.3 is 10.1 Å². The predicted molar refractivity (Wildman–Crippen MR) is 81.6 cm³/mol. The third-order valence-corrected chi connectivity index (χ3v) is 3.48. The van der Waals surface area contributed by atoms with Gasteiger partial charge in [-0.1, -0.05) is 47.0 Å². The highest BCUT2D eigenvalue weighted by Gasteiger charge is 2.03. The van der Waals surface area contributed by atoms with Crippen LogP contribution in [-0.4, -0.2) is 13.2 Å². The van der Waals surface area contributed by atoms with Crippen molar-refractivity contribution in [3.05, 3.63) is 58.1 Å². The molecule has 0 heterocycles. The van der Waals surface area contributed by atoms with Gasteiger partial charge in [-0.2, -0.15) is 0 Å². The first-order valence-electron chi connectivity index (χ1n) is 6.04. The molecule has 0 spiro atoms. The Labute approximate surface area is 123 Å². The van der Waals surface area contributed by atoms with Crippen LogP contribution in [-0.2, 0) is 0 Å². The summed E-state index contributed by atoms with van der Waals surface area (Å²) in [5.41, 5.74) is 2.04. The van der Waals surface area contributed by atoms with Gasteiger partial charge in [0, 0.05) is 6.54 Å². The van der Waals surface area contributed by atoms with Crippen LogP contribution in [0.5, 0.6) is 5.75 Å². The third kappa shape index (κ3) is 4.05. The monoisotopic (exact) mass is 295 g/mol. The zero-order valence-electron chi connectivity index (χ0n) is 10.6. The van der Waals surface area contributed by atoms with Crippen LogP contribution in [0.4, 0.5) is 5.69 Å². The molecular formula is C15H15Cl2NO. The van der Waals surface area contributed by atoms with Crippen LogP contribution in [0, 0.1) is 6.92 Å². The Bertz CT molecular complexity index is 540. The predicted octanol–water partition coefficient (Wildman–Crippen LogP) is 4.79. The molecular weight excluding hydrogens is 281 g/mol. The van der Waals surface area contributed by atoms with E-state index in [1.165, 1.54) is 5.56 Å². The van der Waals surface area contributed by atoms with Gasteiger partial charge in [-0.05, 0) is 31.2 Å². The summed E-state index contributed by atoms with van der Waals surface area (Å²) < 4.78 is 5.61. The van der Waals surface area contributed by atoms with Crippen molar-refractivity contribution >= 4 is 28.9 Å². The van der Waals surface area contributed by atoms with Crippen molar-refractivity contribution in [2.24, 2.45) is 0 Å². The highest BCUT2D eigenvalue weighted by atomic mass is 35.5. The summed E-state index contributed by atoms with van der Waals surface area (Å²) in [4.78, 5) is 0. The molecule has 2 aromatic carbocycles. The van der Waals surface area contributed by atoms with Crippen molar-refractivity contribution in [2.75, 3.05) is 18.5 Å². The average Bonchev–Trinajstić information content (AvgIpc) is 2.41. The van der Waals surface area contributed by atoms with Gasteiger partial charge in [0.05, 0.1) is 15.7 Å². The van der Waals surface area contributed by atoms with Gasteiger partial charge in [-0.3, -0.25) is 0 Å². The number of hydrogen-bond acceptors (Lipinski definition) is 2. The fourth-order valence-electron chi connectivity index (χ4n) is 1.63. The van der Waals surface area contributed by atoms with Crippen LogP contribution >= 0.6 is 23.2 Å². The van der Waals surface area contributed by atoms with Gasteiger partial charge in [-0.25, -0.2) is 0 Å². The molecule has 0 saturated carbocycles. The smallest absolute Gasteiger partial charge is 0.119 e. The molecule has 0 bridgehead atoms. The normalized spacial score (nSPS) is 10.3. The molecule has 2 aromatic rings. The summed E-state index contributed by atoms with van der Waals surface area (Å²) in [6, 6.07) is 13.5. The van der Waals surface area contributed by atoms with E-state index in [2.05, 4.69) is 5.32 Å². The maximum atomic E-state index is 6.07. The minimum Gasteiger partial charge on any atom is -0.492 e. The fraction of sp³-hybridized carbons (Fsp3) is 0.200. The van der Waals surface area contributed by atoms with E-state index in [0.29, 0.717) is 23.2 Å². The molecule has 1 N–H and O–H groups in total. The lowest BCUT2D eigenvalue weighted by atomic mass is 10.2. The second kappa shape index (κ2) is 6.69. The number of aryl methyl sites for hydroxylation is 1. The van der Waals surface area contributed by atoms with Gasteiger partial charge >= 0.3 is 0 Å². The molecule has 19 heavy (non-hydrogen) atoms. The van der Waals surface area contributed by atoms with Gasteiger partial charge in [0.25, 0.3) is 0 Å². The number of nitrogens with one attached hydrogen (secondary N) is 1. The SMILES string of the molecule is Cc1ccc(OCCNc2cccc(Cl)c2Cl)cc1. The Hall–Kier alpha value is -1.38. The first-order chi connectivity index (χ1) is 9.16. The first kappa shape index (κ1) is 14.0.